The second-order valence-corrected chi connectivity index (χ2v) is 5.76. The number of anilines is 1. The monoisotopic (exact) mass is 335 g/mol. The first-order valence-electron chi connectivity index (χ1n) is 7.92. The number of hydrogen-bond acceptors (Lipinski definition) is 2. The predicted molar refractivity (Wildman–Crippen MR) is 96.6 cm³/mol. The van der Waals surface area contributed by atoms with Crippen molar-refractivity contribution in [1.82, 2.24) is 9.78 Å². The van der Waals surface area contributed by atoms with Gasteiger partial charge in [-0.1, -0.05) is 42.0 Å². The number of amides is 1. The Morgan fingerprint density at radius 3 is 2.56 bits per heavy atom. The van der Waals surface area contributed by atoms with E-state index in [1.54, 1.807) is 29.0 Å². The molecule has 25 heavy (non-hydrogen) atoms. The fourth-order valence-corrected chi connectivity index (χ4v) is 2.31. The summed E-state index contributed by atoms with van der Waals surface area (Å²) in [5.74, 6) is -0.105. The van der Waals surface area contributed by atoms with Gasteiger partial charge in [0.1, 0.15) is 5.82 Å². The van der Waals surface area contributed by atoms with E-state index in [4.69, 9.17) is 0 Å². The van der Waals surface area contributed by atoms with Crippen molar-refractivity contribution in [3.63, 3.8) is 0 Å². The predicted octanol–water partition coefficient (Wildman–Crippen LogP) is 4.03. The lowest BCUT2D eigenvalue weighted by atomic mass is 10.1. The molecule has 0 radical (unpaired) electrons. The molecule has 0 aliphatic rings. The van der Waals surface area contributed by atoms with E-state index in [-0.39, 0.29) is 11.7 Å². The van der Waals surface area contributed by atoms with Crippen molar-refractivity contribution in [3.8, 4) is 0 Å². The van der Waals surface area contributed by atoms with Crippen LogP contribution in [0, 0.1) is 12.7 Å². The van der Waals surface area contributed by atoms with Gasteiger partial charge in [0.2, 0.25) is 5.91 Å². The molecule has 5 heteroatoms. The van der Waals surface area contributed by atoms with Crippen molar-refractivity contribution in [2.45, 2.75) is 13.5 Å². The Kier molecular flexibility index (Phi) is 5.04. The van der Waals surface area contributed by atoms with E-state index in [1.165, 1.54) is 23.8 Å². The Bertz CT molecular complexity index is 880. The third-order valence-corrected chi connectivity index (χ3v) is 3.65. The van der Waals surface area contributed by atoms with E-state index in [1.807, 2.05) is 13.1 Å². The second-order valence-electron chi connectivity index (χ2n) is 5.76. The van der Waals surface area contributed by atoms with Crippen LogP contribution in [0.25, 0.3) is 6.08 Å². The van der Waals surface area contributed by atoms with Crippen LogP contribution in [-0.4, -0.2) is 15.7 Å². The third kappa shape index (κ3) is 4.88. The molecule has 4 nitrogen and oxygen atoms in total. The van der Waals surface area contributed by atoms with Gasteiger partial charge in [-0.2, -0.15) is 5.10 Å². The molecule has 1 N–H and O–H groups in total. The Morgan fingerprint density at radius 1 is 1.12 bits per heavy atom. The molecule has 126 valence electrons. The molecule has 1 aromatic heterocycles. The molecule has 0 saturated carbocycles. The number of aryl methyl sites for hydroxylation is 1. The average molecular weight is 335 g/mol. The molecule has 1 heterocycles. The Hall–Kier alpha value is -3.21. The summed E-state index contributed by atoms with van der Waals surface area (Å²) in [7, 11) is 0. The van der Waals surface area contributed by atoms with E-state index < -0.39 is 0 Å². The van der Waals surface area contributed by atoms with E-state index in [0.29, 0.717) is 12.4 Å². The Morgan fingerprint density at radius 2 is 1.84 bits per heavy atom. The first kappa shape index (κ1) is 16.6. The van der Waals surface area contributed by atoms with Gasteiger partial charge in [0.25, 0.3) is 0 Å². The Labute approximate surface area is 145 Å². The maximum Gasteiger partial charge on any atom is 0.249 e. The van der Waals surface area contributed by atoms with Crippen LogP contribution < -0.4 is 5.32 Å². The lowest BCUT2D eigenvalue weighted by Crippen LogP contribution is -2.09. The summed E-state index contributed by atoms with van der Waals surface area (Å²) in [5, 5.41) is 7.04. The van der Waals surface area contributed by atoms with E-state index >= 15 is 0 Å². The number of carbonyl (C=O) groups is 1. The zero-order chi connectivity index (χ0) is 17.6. The van der Waals surface area contributed by atoms with Crippen molar-refractivity contribution >= 4 is 17.8 Å². The van der Waals surface area contributed by atoms with Gasteiger partial charge in [0, 0.05) is 18.3 Å². The van der Waals surface area contributed by atoms with E-state index in [9.17, 15) is 9.18 Å². The molecule has 0 saturated heterocycles. The molecule has 0 unspecified atom stereocenters. The van der Waals surface area contributed by atoms with Gasteiger partial charge in [-0.15, -0.1) is 0 Å². The molecule has 0 spiro atoms. The minimum Gasteiger partial charge on any atom is -0.306 e. The minimum atomic E-state index is -0.305. The number of halogens is 1. The largest absolute Gasteiger partial charge is 0.306 e. The summed E-state index contributed by atoms with van der Waals surface area (Å²) >= 11 is 0. The molecule has 0 aliphatic carbocycles. The zero-order valence-corrected chi connectivity index (χ0v) is 13.8. The number of aromatic nitrogens is 2. The normalized spacial score (nSPS) is 11.0. The summed E-state index contributed by atoms with van der Waals surface area (Å²) in [5.41, 5.74) is 3.11. The van der Waals surface area contributed by atoms with Crippen LogP contribution in [0.2, 0.25) is 0 Å². The molecule has 0 fully saturated rings. The van der Waals surface area contributed by atoms with Crippen LogP contribution in [0.15, 0.2) is 66.9 Å². The lowest BCUT2D eigenvalue weighted by Gasteiger charge is -2.02. The van der Waals surface area contributed by atoms with Gasteiger partial charge in [0.05, 0.1) is 6.54 Å². The quantitative estimate of drug-likeness (QED) is 0.716. The van der Waals surface area contributed by atoms with Crippen LogP contribution in [0.1, 0.15) is 16.7 Å². The number of benzene rings is 2. The van der Waals surface area contributed by atoms with Crippen LogP contribution in [0.5, 0.6) is 0 Å². The standard InChI is InChI=1S/C20H18FN3O/c1-15-2-4-17(5-3-15)14-24-13-12-19(23-24)22-20(25)11-8-16-6-9-18(21)10-7-16/h2-13H,14H2,1H3,(H,22,23,25)/b11-8+. The summed E-state index contributed by atoms with van der Waals surface area (Å²) in [6.07, 6.45) is 4.84. The Balaban J connectivity index is 1.57. The van der Waals surface area contributed by atoms with E-state index in [0.717, 1.165) is 11.1 Å². The molecule has 3 rings (SSSR count). The van der Waals surface area contributed by atoms with Gasteiger partial charge < -0.3 is 5.32 Å². The smallest absolute Gasteiger partial charge is 0.249 e. The van der Waals surface area contributed by atoms with Crippen molar-refractivity contribution < 1.29 is 9.18 Å². The maximum absolute atomic E-state index is 12.8. The lowest BCUT2D eigenvalue weighted by molar-refractivity contribution is -0.111. The van der Waals surface area contributed by atoms with Gasteiger partial charge >= 0.3 is 0 Å². The number of hydrogen-bond donors (Lipinski definition) is 1. The van der Waals surface area contributed by atoms with Gasteiger partial charge in [-0.05, 0) is 36.3 Å². The van der Waals surface area contributed by atoms with Crippen molar-refractivity contribution in [2.24, 2.45) is 0 Å². The van der Waals surface area contributed by atoms with Crippen LogP contribution in [0.3, 0.4) is 0 Å². The SMILES string of the molecule is Cc1ccc(Cn2ccc(NC(=O)/C=C/c3ccc(F)cc3)n2)cc1. The topological polar surface area (TPSA) is 46.9 Å². The molecule has 2 aromatic carbocycles. The maximum atomic E-state index is 12.8. The minimum absolute atomic E-state index is 0.287. The first-order chi connectivity index (χ1) is 12.1. The molecule has 3 aromatic rings. The van der Waals surface area contributed by atoms with Crippen LogP contribution in [-0.2, 0) is 11.3 Å². The molecule has 0 atom stereocenters. The second kappa shape index (κ2) is 7.57. The highest BCUT2D eigenvalue weighted by molar-refractivity contribution is 6.01. The highest BCUT2D eigenvalue weighted by Crippen LogP contribution is 2.09. The van der Waals surface area contributed by atoms with Gasteiger partial charge in [-0.3, -0.25) is 9.48 Å². The van der Waals surface area contributed by atoms with Gasteiger partial charge in [0.15, 0.2) is 5.82 Å². The summed E-state index contributed by atoms with van der Waals surface area (Å²) in [6, 6.07) is 15.9. The first-order valence-corrected chi connectivity index (χ1v) is 7.92. The summed E-state index contributed by atoms with van der Waals surface area (Å²) in [6.45, 7) is 2.69. The van der Waals surface area contributed by atoms with E-state index in [2.05, 4.69) is 34.7 Å². The van der Waals surface area contributed by atoms with Crippen LogP contribution >= 0.6 is 0 Å². The number of nitrogens with one attached hydrogen (secondary N) is 1. The molecule has 1 amide bonds. The number of carbonyl (C=O) groups excluding carboxylic acids is 1. The van der Waals surface area contributed by atoms with Crippen molar-refractivity contribution in [3.05, 3.63) is 89.4 Å². The highest BCUT2D eigenvalue weighted by Gasteiger charge is 2.03. The summed E-state index contributed by atoms with van der Waals surface area (Å²) in [4.78, 5) is 11.9. The number of nitrogens with zero attached hydrogens (tertiary/aromatic N) is 2. The molecule has 0 aliphatic heterocycles. The average Bonchev–Trinajstić information content (AvgIpc) is 3.03. The van der Waals surface area contributed by atoms with Crippen molar-refractivity contribution in [1.29, 1.82) is 0 Å². The highest BCUT2D eigenvalue weighted by atomic mass is 19.1. The molecular formula is C20H18FN3O. The fraction of sp³-hybridized carbons (Fsp3) is 0.100. The molecular weight excluding hydrogens is 317 g/mol. The summed E-state index contributed by atoms with van der Waals surface area (Å²) < 4.78 is 14.6. The number of rotatable bonds is 5. The zero-order valence-electron chi connectivity index (χ0n) is 13.8. The van der Waals surface area contributed by atoms with Crippen LogP contribution in [0.4, 0.5) is 10.2 Å². The van der Waals surface area contributed by atoms with Gasteiger partial charge in [-0.25, -0.2) is 4.39 Å². The fourth-order valence-electron chi connectivity index (χ4n) is 2.31. The molecule has 0 bridgehead atoms. The van der Waals surface area contributed by atoms with Crippen molar-refractivity contribution in [2.75, 3.05) is 5.32 Å². The third-order valence-electron chi connectivity index (χ3n) is 3.65.